The molecule has 0 saturated heterocycles. The first-order chi connectivity index (χ1) is 9.73. The zero-order chi connectivity index (χ0) is 15.0. The van der Waals surface area contributed by atoms with Crippen molar-refractivity contribution in [2.24, 2.45) is 22.2 Å². The average Bonchev–Trinajstić information content (AvgIpc) is 2.64. The summed E-state index contributed by atoms with van der Waals surface area (Å²) in [5.74, 6) is 0.831. The smallest absolute Gasteiger partial charge is 0.0939 e. The zero-order valence-corrected chi connectivity index (χ0v) is 16.6. The Kier molecular flexibility index (Phi) is 3.31. The molecule has 4 saturated carbocycles. The SMILES string of the molecule is CC12CC3CC(C)(C1)CC(C(O)c1cc(Br)c(Br)s1)(C3)C2. The van der Waals surface area contributed by atoms with Crippen molar-refractivity contribution in [1.29, 1.82) is 0 Å². The Morgan fingerprint density at radius 2 is 1.76 bits per heavy atom. The topological polar surface area (TPSA) is 20.2 Å². The van der Waals surface area contributed by atoms with Crippen LogP contribution in [-0.2, 0) is 0 Å². The third-order valence-electron chi connectivity index (χ3n) is 6.18. The number of halogens is 2. The van der Waals surface area contributed by atoms with Crippen molar-refractivity contribution in [3.63, 3.8) is 0 Å². The molecular weight excluding hydrogens is 412 g/mol. The summed E-state index contributed by atoms with van der Waals surface area (Å²) in [4.78, 5) is 1.13. The molecule has 21 heavy (non-hydrogen) atoms. The van der Waals surface area contributed by atoms with Gasteiger partial charge in [0, 0.05) is 14.8 Å². The quantitative estimate of drug-likeness (QED) is 0.579. The molecule has 4 aliphatic carbocycles. The molecule has 0 radical (unpaired) electrons. The maximum Gasteiger partial charge on any atom is 0.0939 e. The van der Waals surface area contributed by atoms with Gasteiger partial charge in [0.1, 0.15) is 0 Å². The third kappa shape index (κ3) is 2.31. The van der Waals surface area contributed by atoms with Gasteiger partial charge in [0.05, 0.1) is 9.89 Å². The standard InChI is InChI=1S/C17H22Br2OS/c1-15-4-10-5-16(2,7-15)9-17(6-10,8-15)13(20)12-3-11(18)14(19)21-12/h3,10,13,20H,4-9H2,1-2H3. The number of rotatable bonds is 2. The predicted molar refractivity (Wildman–Crippen MR) is 94.5 cm³/mol. The van der Waals surface area contributed by atoms with Crippen LogP contribution in [-0.4, -0.2) is 5.11 Å². The second-order valence-electron chi connectivity index (χ2n) is 8.67. The van der Waals surface area contributed by atoms with Gasteiger partial charge >= 0.3 is 0 Å². The average molecular weight is 434 g/mol. The minimum absolute atomic E-state index is 0.118. The molecule has 1 N–H and O–H groups in total. The van der Waals surface area contributed by atoms with E-state index in [-0.39, 0.29) is 11.5 Å². The Morgan fingerprint density at radius 1 is 1.14 bits per heavy atom. The summed E-state index contributed by atoms with van der Waals surface area (Å²) in [5.41, 5.74) is 1.04. The van der Waals surface area contributed by atoms with E-state index in [9.17, 15) is 5.11 Å². The van der Waals surface area contributed by atoms with E-state index in [1.54, 1.807) is 11.3 Å². The zero-order valence-electron chi connectivity index (χ0n) is 12.6. The van der Waals surface area contributed by atoms with Gasteiger partial charge in [0.25, 0.3) is 0 Å². The second-order valence-corrected chi connectivity index (χ2v) is 11.9. The van der Waals surface area contributed by atoms with Gasteiger partial charge in [0.2, 0.25) is 0 Å². The van der Waals surface area contributed by atoms with Gasteiger partial charge in [-0.3, -0.25) is 0 Å². The minimum Gasteiger partial charge on any atom is -0.387 e. The van der Waals surface area contributed by atoms with Crippen molar-refractivity contribution in [1.82, 2.24) is 0 Å². The molecule has 5 rings (SSSR count). The fourth-order valence-electron chi connectivity index (χ4n) is 6.64. The van der Waals surface area contributed by atoms with Crippen molar-refractivity contribution < 1.29 is 5.11 Å². The van der Waals surface area contributed by atoms with Crippen molar-refractivity contribution in [3.8, 4) is 0 Å². The van der Waals surface area contributed by atoms with Gasteiger partial charge in [-0.1, -0.05) is 13.8 Å². The van der Waals surface area contributed by atoms with E-state index >= 15 is 0 Å². The van der Waals surface area contributed by atoms with E-state index in [0.29, 0.717) is 10.8 Å². The molecule has 0 amide bonds. The Hall–Kier alpha value is 0.620. The summed E-state index contributed by atoms with van der Waals surface area (Å²) in [7, 11) is 0. The highest BCUT2D eigenvalue weighted by atomic mass is 79.9. The Morgan fingerprint density at radius 3 is 2.24 bits per heavy atom. The lowest BCUT2D eigenvalue weighted by Gasteiger charge is -2.66. The van der Waals surface area contributed by atoms with Gasteiger partial charge < -0.3 is 5.11 Å². The van der Waals surface area contributed by atoms with Gasteiger partial charge in [-0.25, -0.2) is 0 Å². The van der Waals surface area contributed by atoms with Gasteiger partial charge in [0.15, 0.2) is 0 Å². The molecule has 1 heterocycles. The molecule has 0 aliphatic heterocycles. The maximum absolute atomic E-state index is 11.2. The summed E-state index contributed by atoms with van der Waals surface area (Å²) in [6, 6.07) is 2.11. The van der Waals surface area contributed by atoms with Crippen molar-refractivity contribution in [2.75, 3.05) is 0 Å². The van der Waals surface area contributed by atoms with Crippen LogP contribution in [0.5, 0.6) is 0 Å². The molecule has 1 nitrogen and oxygen atoms in total. The fraction of sp³-hybridized carbons (Fsp3) is 0.765. The van der Waals surface area contributed by atoms with Crippen LogP contribution in [0.1, 0.15) is 63.4 Å². The van der Waals surface area contributed by atoms with E-state index in [0.717, 1.165) is 19.1 Å². The fourth-order valence-corrected chi connectivity index (χ4v) is 8.86. The Labute approximate surface area is 147 Å². The molecule has 0 spiro atoms. The van der Waals surface area contributed by atoms with Gasteiger partial charge in [-0.05, 0) is 93.2 Å². The molecule has 4 fully saturated rings. The summed E-state index contributed by atoms with van der Waals surface area (Å²) in [5, 5.41) is 11.2. The van der Waals surface area contributed by atoms with Crippen LogP contribution < -0.4 is 0 Å². The largest absolute Gasteiger partial charge is 0.387 e. The molecule has 4 aliphatic rings. The number of aliphatic hydroxyl groups excluding tert-OH is 1. The number of thiophene rings is 1. The molecular formula is C17H22Br2OS. The van der Waals surface area contributed by atoms with Crippen LogP contribution >= 0.6 is 43.2 Å². The van der Waals surface area contributed by atoms with Crippen molar-refractivity contribution in [3.05, 3.63) is 19.2 Å². The van der Waals surface area contributed by atoms with Crippen molar-refractivity contribution >= 4 is 43.2 Å². The Bertz CT molecular complexity index is 558. The van der Waals surface area contributed by atoms with Crippen LogP contribution in [0, 0.1) is 22.2 Å². The van der Waals surface area contributed by atoms with E-state index in [4.69, 9.17) is 0 Å². The highest BCUT2D eigenvalue weighted by molar-refractivity contribution is 9.13. The van der Waals surface area contributed by atoms with Gasteiger partial charge in [-0.15, -0.1) is 11.3 Å². The second kappa shape index (κ2) is 4.58. The lowest BCUT2D eigenvalue weighted by molar-refractivity contribution is -0.186. The molecule has 4 heteroatoms. The third-order valence-corrected chi connectivity index (χ3v) is 9.49. The first-order valence-corrected chi connectivity index (χ1v) is 10.3. The summed E-state index contributed by atoms with van der Waals surface area (Å²) >= 11 is 8.83. The lowest BCUT2D eigenvalue weighted by atomic mass is 9.39. The molecule has 1 aromatic rings. The number of aliphatic hydroxyl groups is 1. The monoisotopic (exact) mass is 432 g/mol. The van der Waals surface area contributed by atoms with Crippen molar-refractivity contribution in [2.45, 2.75) is 58.5 Å². The van der Waals surface area contributed by atoms with E-state index < -0.39 is 0 Å². The van der Waals surface area contributed by atoms with E-state index in [1.807, 2.05) is 0 Å². The van der Waals surface area contributed by atoms with E-state index in [2.05, 4.69) is 51.8 Å². The van der Waals surface area contributed by atoms with Crippen LogP contribution in [0.4, 0.5) is 0 Å². The summed E-state index contributed by atoms with van der Waals surface area (Å²) < 4.78 is 2.17. The molecule has 4 bridgehead atoms. The van der Waals surface area contributed by atoms with Crippen LogP contribution in [0.2, 0.25) is 0 Å². The first-order valence-electron chi connectivity index (χ1n) is 7.86. The highest BCUT2D eigenvalue weighted by Gasteiger charge is 2.62. The molecule has 3 unspecified atom stereocenters. The van der Waals surface area contributed by atoms with Gasteiger partial charge in [-0.2, -0.15) is 0 Å². The first kappa shape index (κ1) is 15.2. The van der Waals surface area contributed by atoms with Crippen LogP contribution in [0.15, 0.2) is 14.3 Å². The summed E-state index contributed by atoms with van der Waals surface area (Å²) in [6.07, 6.45) is 7.48. The van der Waals surface area contributed by atoms with Crippen LogP contribution in [0.3, 0.4) is 0 Å². The lowest BCUT2D eigenvalue weighted by Crippen LogP contribution is -2.56. The predicted octanol–water partition coefficient (Wildman–Crippen LogP) is 6.30. The molecule has 1 aromatic heterocycles. The molecule has 3 atom stereocenters. The molecule has 0 aromatic carbocycles. The Balaban J connectivity index is 1.73. The number of hydrogen-bond acceptors (Lipinski definition) is 2. The normalized spacial score (nSPS) is 46.0. The van der Waals surface area contributed by atoms with E-state index in [1.165, 1.54) is 38.5 Å². The molecule has 116 valence electrons. The maximum atomic E-state index is 11.2. The highest BCUT2D eigenvalue weighted by Crippen LogP contribution is 2.72. The number of hydrogen-bond donors (Lipinski definition) is 1. The van der Waals surface area contributed by atoms with Crippen LogP contribution in [0.25, 0.3) is 0 Å². The minimum atomic E-state index is -0.299. The summed E-state index contributed by atoms with van der Waals surface area (Å²) in [6.45, 7) is 4.94.